The van der Waals surface area contributed by atoms with Crippen LogP contribution in [0, 0.1) is 13.8 Å². The molecule has 0 atom stereocenters. The van der Waals surface area contributed by atoms with Gasteiger partial charge in [0.1, 0.15) is 11.5 Å². The summed E-state index contributed by atoms with van der Waals surface area (Å²) >= 11 is 0. The van der Waals surface area contributed by atoms with Crippen molar-refractivity contribution in [2.75, 3.05) is 0 Å². The molecule has 0 fully saturated rings. The first kappa shape index (κ1) is 9.37. The summed E-state index contributed by atoms with van der Waals surface area (Å²) in [6.07, 6.45) is 0.999. The zero-order chi connectivity index (χ0) is 9.30. The molecule has 1 nitrogen and oxygen atoms in total. The van der Waals surface area contributed by atoms with Crippen LogP contribution in [0.5, 0.6) is 0 Å². The standard InChI is InChI=1S/C11H18O/c1-6-10-8(4)9(5)11(12-10)7(2)3/h7H,6H2,1-5H3. The van der Waals surface area contributed by atoms with Crippen LogP contribution in [0.25, 0.3) is 0 Å². The average molecular weight is 166 g/mol. The largest absolute Gasteiger partial charge is 0.465 e. The molecule has 1 aromatic rings. The second-order valence-corrected chi connectivity index (χ2v) is 3.65. The third-order valence-electron chi connectivity index (χ3n) is 2.43. The summed E-state index contributed by atoms with van der Waals surface area (Å²) in [7, 11) is 0. The Morgan fingerprint density at radius 3 is 2.00 bits per heavy atom. The second-order valence-electron chi connectivity index (χ2n) is 3.65. The van der Waals surface area contributed by atoms with Gasteiger partial charge >= 0.3 is 0 Å². The van der Waals surface area contributed by atoms with Gasteiger partial charge in [-0.1, -0.05) is 20.8 Å². The lowest BCUT2D eigenvalue weighted by atomic mass is 10.0. The van der Waals surface area contributed by atoms with Crippen molar-refractivity contribution in [1.82, 2.24) is 0 Å². The summed E-state index contributed by atoms with van der Waals surface area (Å²) < 4.78 is 5.76. The van der Waals surface area contributed by atoms with Crippen molar-refractivity contribution in [3.8, 4) is 0 Å². The molecule has 12 heavy (non-hydrogen) atoms. The predicted molar refractivity (Wildman–Crippen MR) is 51.6 cm³/mol. The van der Waals surface area contributed by atoms with Crippen LogP contribution >= 0.6 is 0 Å². The number of aryl methyl sites for hydroxylation is 1. The Labute approximate surface area is 74.8 Å². The van der Waals surface area contributed by atoms with E-state index in [1.54, 1.807) is 0 Å². The van der Waals surface area contributed by atoms with Gasteiger partial charge in [-0.25, -0.2) is 0 Å². The molecule has 0 bridgehead atoms. The Balaban J connectivity index is 3.16. The molecular weight excluding hydrogens is 148 g/mol. The maximum absolute atomic E-state index is 5.76. The molecule has 0 aromatic carbocycles. The second kappa shape index (κ2) is 3.34. The predicted octanol–water partition coefficient (Wildman–Crippen LogP) is 3.58. The van der Waals surface area contributed by atoms with Crippen LogP contribution < -0.4 is 0 Å². The van der Waals surface area contributed by atoms with Gasteiger partial charge in [-0.3, -0.25) is 0 Å². The molecule has 0 amide bonds. The molecule has 1 heterocycles. The van der Waals surface area contributed by atoms with Crippen LogP contribution in [-0.4, -0.2) is 0 Å². The summed E-state index contributed by atoms with van der Waals surface area (Å²) in [5, 5.41) is 0. The molecule has 0 aliphatic rings. The smallest absolute Gasteiger partial charge is 0.109 e. The van der Waals surface area contributed by atoms with Gasteiger partial charge in [0.15, 0.2) is 0 Å². The molecule has 1 rings (SSSR count). The number of furan rings is 1. The number of hydrogen-bond donors (Lipinski definition) is 0. The fourth-order valence-corrected chi connectivity index (χ4v) is 1.57. The highest BCUT2D eigenvalue weighted by Gasteiger charge is 2.14. The van der Waals surface area contributed by atoms with Crippen molar-refractivity contribution in [2.24, 2.45) is 0 Å². The van der Waals surface area contributed by atoms with Crippen molar-refractivity contribution in [1.29, 1.82) is 0 Å². The Morgan fingerprint density at radius 1 is 1.17 bits per heavy atom. The van der Waals surface area contributed by atoms with Crippen LogP contribution in [0.1, 0.15) is 49.3 Å². The fraction of sp³-hybridized carbons (Fsp3) is 0.636. The lowest BCUT2D eigenvalue weighted by molar-refractivity contribution is 0.448. The van der Waals surface area contributed by atoms with Gasteiger partial charge in [-0.2, -0.15) is 0 Å². The van der Waals surface area contributed by atoms with E-state index < -0.39 is 0 Å². The van der Waals surface area contributed by atoms with E-state index in [9.17, 15) is 0 Å². The van der Waals surface area contributed by atoms with E-state index in [0.29, 0.717) is 5.92 Å². The quantitative estimate of drug-likeness (QED) is 0.654. The van der Waals surface area contributed by atoms with E-state index in [1.165, 1.54) is 11.1 Å². The molecule has 0 N–H and O–H groups in total. The molecule has 0 saturated carbocycles. The van der Waals surface area contributed by atoms with Crippen LogP contribution in [0.2, 0.25) is 0 Å². The van der Waals surface area contributed by atoms with Crippen LogP contribution in [0.3, 0.4) is 0 Å². The summed E-state index contributed by atoms with van der Waals surface area (Å²) in [5.74, 6) is 2.81. The maximum Gasteiger partial charge on any atom is 0.109 e. The molecule has 1 heteroatoms. The normalized spacial score (nSPS) is 11.2. The number of rotatable bonds is 2. The maximum atomic E-state index is 5.76. The number of hydrogen-bond acceptors (Lipinski definition) is 1. The van der Waals surface area contributed by atoms with Gasteiger partial charge < -0.3 is 4.42 Å². The van der Waals surface area contributed by atoms with E-state index >= 15 is 0 Å². The molecular formula is C11H18O. The Kier molecular flexibility index (Phi) is 2.61. The van der Waals surface area contributed by atoms with Crippen LogP contribution in [0.4, 0.5) is 0 Å². The molecule has 0 aliphatic heterocycles. The monoisotopic (exact) mass is 166 g/mol. The van der Waals surface area contributed by atoms with Crippen molar-refractivity contribution in [3.05, 3.63) is 22.6 Å². The van der Waals surface area contributed by atoms with E-state index in [1.807, 2.05) is 0 Å². The van der Waals surface area contributed by atoms with Crippen molar-refractivity contribution < 1.29 is 4.42 Å². The first-order valence-corrected chi connectivity index (χ1v) is 4.66. The Bertz CT molecular complexity index is 269. The minimum Gasteiger partial charge on any atom is -0.465 e. The molecule has 68 valence electrons. The van der Waals surface area contributed by atoms with Crippen molar-refractivity contribution in [3.63, 3.8) is 0 Å². The zero-order valence-electron chi connectivity index (χ0n) is 8.69. The summed E-state index contributed by atoms with van der Waals surface area (Å²) in [6, 6.07) is 0. The van der Waals surface area contributed by atoms with E-state index in [0.717, 1.165) is 17.9 Å². The summed E-state index contributed by atoms with van der Waals surface area (Å²) in [5.41, 5.74) is 2.67. The first-order valence-electron chi connectivity index (χ1n) is 4.66. The third kappa shape index (κ3) is 1.40. The van der Waals surface area contributed by atoms with E-state index in [-0.39, 0.29) is 0 Å². The molecule has 0 unspecified atom stereocenters. The third-order valence-corrected chi connectivity index (χ3v) is 2.43. The summed E-state index contributed by atoms with van der Waals surface area (Å²) in [6.45, 7) is 10.8. The van der Waals surface area contributed by atoms with Gasteiger partial charge in [0.2, 0.25) is 0 Å². The highest BCUT2D eigenvalue weighted by atomic mass is 16.3. The van der Waals surface area contributed by atoms with Gasteiger partial charge in [0.05, 0.1) is 0 Å². The van der Waals surface area contributed by atoms with Crippen LogP contribution in [0.15, 0.2) is 4.42 Å². The molecule has 0 radical (unpaired) electrons. The molecule has 0 spiro atoms. The lowest BCUT2D eigenvalue weighted by Gasteiger charge is -2.00. The average Bonchev–Trinajstić information content (AvgIpc) is 2.30. The summed E-state index contributed by atoms with van der Waals surface area (Å²) in [4.78, 5) is 0. The topological polar surface area (TPSA) is 13.1 Å². The molecule has 0 saturated heterocycles. The van der Waals surface area contributed by atoms with E-state index in [4.69, 9.17) is 4.42 Å². The lowest BCUT2D eigenvalue weighted by Crippen LogP contribution is -1.86. The minimum absolute atomic E-state index is 0.504. The van der Waals surface area contributed by atoms with Crippen molar-refractivity contribution >= 4 is 0 Å². The minimum atomic E-state index is 0.504. The highest BCUT2D eigenvalue weighted by Crippen LogP contribution is 2.27. The van der Waals surface area contributed by atoms with Gasteiger partial charge in [0, 0.05) is 12.3 Å². The molecule has 0 aliphatic carbocycles. The molecule has 1 aromatic heterocycles. The van der Waals surface area contributed by atoms with Gasteiger partial charge in [0.25, 0.3) is 0 Å². The Hall–Kier alpha value is -0.720. The first-order chi connectivity index (χ1) is 5.57. The Morgan fingerprint density at radius 2 is 1.75 bits per heavy atom. The van der Waals surface area contributed by atoms with E-state index in [2.05, 4.69) is 34.6 Å². The van der Waals surface area contributed by atoms with Crippen molar-refractivity contribution in [2.45, 2.75) is 47.0 Å². The highest BCUT2D eigenvalue weighted by molar-refractivity contribution is 5.32. The fourth-order valence-electron chi connectivity index (χ4n) is 1.57. The zero-order valence-corrected chi connectivity index (χ0v) is 8.69. The van der Waals surface area contributed by atoms with Gasteiger partial charge in [-0.15, -0.1) is 0 Å². The SMILES string of the molecule is CCc1oc(C(C)C)c(C)c1C. The van der Waals surface area contributed by atoms with Gasteiger partial charge in [-0.05, 0) is 25.0 Å². The van der Waals surface area contributed by atoms with Crippen LogP contribution in [-0.2, 0) is 6.42 Å².